The molecule has 0 spiro atoms. The van der Waals surface area contributed by atoms with Crippen molar-refractivity contribution < 1.29 is 13.6 Å². The van der Waals surface area contributed by atoms with Crippen molar-refractivity contribution in [2.45, 2.75) is 112 Å². The second kappa shape index (κ2) is 33.2. The summed E-state index contributed by atoms with van der Waals surface area (Å²) >= 11 is 0. The molecule has 3 aliphatic carbocycles. The summed E-state index contributed by atoms with van der Waals surface area (Å²) in [5.74, 6) is 0. The van der Waals surface area contributed by atoms with Gasteiger partial charge in [0.1, 0.15) is 0 Å². The van der Waals surface area contributed by atoms with Crippen molar-refractivity contribution in [1.29, 1.82) is 0 Å². The van der Waals surface area contributed by atoms with Crippen molar-refractivity contribution >= 4 is 25.3 Å². The maximum Gasteiger partial charge on any atom is 0.334 e. The van der Waals surface area contributed by atoms with Crippen LogP contribution in [0.25, 0.3) is 16.7 Å². The van der Waals surface area contributed by atoms with E-state index >= 15 is 0 Å². The van der Waals surface area contributed by atoms with Crippen LogP contribution in [0.15, 0.2) is 351 Å². The molecule has 4 heteroatoms. The molecule has 6 aromatic rings. The van der Waals surface area contributed by atoms with Crippen LogP contribution in [0.5, 0.6) is 0 Å². The zero-order valence-electron chi connectivity index (χ0n) is 55.1. The summed E-state index contributed by atoms with van der Waals surface area (Å²) < 4.78 is 24.7. The molecular formula is C90H93O3P. The fraction of sp³-hybridized carbons (Fsp3) is 0.200. The highest BCUT2D eigenvalue weighted by molar-refractivity contribution is 7.41. The predicted molar refractivity (Wildman–Crippen MR) is 406 cm³/mol. The van der Waals surface area contributed by atoms with Gasteiger partial charge in [-0.15, -0.1) is 78.9 Å². The Morgan fingerprint density at radius 1 is 0.266 bits per heavy atom. The van der Waals surface area contributed by atoms with Crippen molar-refractivity contribution in [2.75, 3.05) is 0 Å². The molecule has 3 aliphatic rings. The van der Waals surface area contributed by atoms with Gasteiger partial charge in [-0.2, -0.15) is 0 Å². The van der Waals surface area contributed by atoms with Crippen LogP contribution >= 0.6 is 8.60 Å². The second-order valence-corrected chi connectivity index (χ2v) is 25.7. The van der Waals surface area contributed by atoms with Crippen molar-refractivity contribution in [3.05, 3.63) is 417 Å². The topological polar surface area (TPSA) is 27.7 Å². The zero-order valence-corrected chi connectivity index (χ0v) is 56.0. The van der Waals surface area contributed by atoms with Crippen molar-refractivity contribution in [1.82, 2.24) is 0 Å². The quantitative estimate of drug-likeness (QED) is 0.0290. The Morgan fingerprint density at radius 2 is 0.468 bits per heavy atom. The minimum atomic E-state index is -2.46. The molecule has 0 amide bonds. The Balaban J connectivity index is 1.36. The van der Waals surface area contributed by atoms with E-state index in [1.807, 2.05) is 72.9 Å². The summed E-state index contributed by atoms with van der Waals surface area (Å²) in [4.78, 5) is 0. The van der Waals surface area contributed by atoms with E-state index in [0.717, 1.165) is 122 Å². The van der Waals surface area contributed by atoms with E-state index in [1.165, 1.54) is 16.7 Å². The third kappa shape index (κ3) is 14.7. The monoisotopic (exact) mass is 1250 g/mol. The average Bonchev–Trinajstić information content (AvgIpc) is 0.742. The maximum atomic E-state index is 8.24. The number of hydrogen-bond acceptors (Lipinski definition) is 3. The first-order valence-electron chi connectivity index (χ1n) is 33.0. The lowest BCUT2D eigenvalue weighted by Gasteiger charge is -2.49. The molecule has 0 saturated heterocycles. The van der Waals surface area contributed by atoms with Gasteiger partial charge in [0.25, 0.3) is 0 Å². The lowest BCUT2D eigenvalue weighted by atomic mass is 9.62. The first-order chi connectivity index (χ1) is 46.0. The molecule has 0 bridgehead atoms. The van der Waals surface area contributed by atoms with Crippen molar-refractivity contribution in [3.8, 4) is 0 Å². The third-order valence-corrected chi connectivity index (χ3v) is 19.9. The SMILES string of the molecule is C=CCC1=C(c2ccc(CC=C)cc2)C(CC=C)(c2ccc(CC=C)cc2)C(OP(OC2C=CC(CC=C)=C(c3ccc(CC=C)cc3)C2(CC=C)c2ccc(CC=C)cc2)OC2C=CC(CC=C)=C(c3ccc(CC=C)cc3)C2(CC=C)c2ccc(CC=C)cc2)C=C1. The van der Waals surface area contributed by atoms with Crippen molar-refractivity contribution in [3.63, 3.8) is 0 Å². The summed E-state index contributed by atoms with van der Waals surface area (Å²) in [6.45, 7) is 51.2. The van der Waals surface area contributed by atoms with Crippen LogP contribution < -0.4 is 0 Å². The van der Waals surface area contributed by atoms with E-state index in [4.69, 9.17) is 13.6 Å². The Morgan fingerprint density at radius 3 is 0.660 bits per heavy atom. The minimum Gasteiger partial charge on any atom is -0.303 e. The Hall–Kier alpha value is -9.05. The van der Waals surface area contributed by atoms with Gasteiger partial charge in [-0.1, -0.05) is 255 Å². The van der Waals surface area contributed by atoms with Crippen LogP contribution in [0.4, 0.5) is 0 Å². The van der Waals surface area contributed by atoms with Crippen molar-refractivity contribution in [2.24, 2.45) is 0 Å². The molecule has 9 rings (SSSR count). The van der Waals surface area contributed by atoms with Gasteiger partial charge in [-0.25, -0.2) is 0 Å². The molecule has 0 heterocycles. The first kappa shape index (κ1) is 69.3. The highest BCUT2D eigenvalue weighted by atomic mass is 31.2. The molecule has 94 heavy (non-hydrogen) atoms. The molecule has 6 unspecified atom stereocenters. The fourth-order valence-corrected chi connectivity index (χ4v) is 16.0. The summed E-state index contributed by atoms with van der Waals surface area (Å²) in [5, 5.41) is 0. The Kier molecular flexibility index (Phi) is 24.5. The Labute approximate surface area is 564 Å². The van der Waals surface area contributed by atoms with E-state index < -0.39 is 43.2 Å². The third-order valence-electron chi connectivity index (χ3n) is 18.7. The highest BCUT2D eigenvalue weighted by Gasteiger charge is 2.53. The van der Waals surface area contributed by atoms with Gasteiger partial charge in [0, 0.05) is 0 Å². The molecule has 0 N–H and O–H groups in total. The highest BCUT2D eigenvalue weighted by Crippen LogP contribution is 2.62. The molecule has 3 nitrogen and oxygen atoms in total. The average molecular weight is 1250 g/mol. The van der Waals surface area contributed by atoms with Gasteiger partial charge in [-0.3, -0.25) is 0 Å². The predicted octanol–water partition coefficient (Wildman–Crippen LogP) is 23.1. The Bertz CT molecular complexity index is 3520. The molecule has 0 saturated carbocycles. The van der Waals surface area contributed by atoms with Crippen LogP contribution in [0.3, 0.4) is 0 Å². The standard InChI is InChI=1S/C90H93O3P/c1-13-25-67-34-46-76(47-35-67)85-73(31-19-7)52-61-82(88(85,64-22-10)79-55-40-70(28-16-4)41-56-79)91-94(92-83-62-53-74(32-20-8)86(77-48-36-68(26-14-2)37-49-77)89(83,65-23-11)80-57-42-71(29-17-5)43-58-80)93-84-63-54-75(33-21-9)87(78-50-38-69(27-15-3)39-51-78)90(84,66-24-12)81-59-44-72(30-18-6)45-60-81/h13-24,34-63,82-84H,1-12,25-33,64-66H2. The molecule has 6 aromatic carbocycles. The number of hydrogen-bond donors (Lipinski definition) is 0. The molecule has 0 aliphatic heterocycles. The molecule has 0 fully saturated rings. The molecule has 476 valence electrons. The fourth-order valence-electron chi connectivity index (χ4n) is 14.5. The van der Waals surface area contributed by atoms with E-state index in [0.29, 0.717) is 38.5 Å². The smallest absolute Gasteiger partial charge is 0.303 e. The van der Waals surface area contributed by atoms with Gasteiger partial charge in [-0.05, 0) is 177 Å². The van der Waals surface area contributed by atoms with Gasteiger partial charge in [0.15, 0.2) is 0 Å². The van der Waals surface area contributed by atoms with E-state index in [1.54, 1.807) is 0 Å². The van der Waals surface area contributed by atoms with Gasteiger partial charge >= 0.3 is 8.60 Å². The van der Waals surface area contributed by atoms with Gasteiger partial charge in [0.05, 0.1) is 34.6 Å². The summed E-state index contributed by atoms with van der Waals surface area (Å²) in [6, 6.07) is 53.7. The van der Waals surface area contributed by atoms with Crippen LogP contribution in [-0.2, 0) is 68.3 Å². The molecule has 0 radical (unpaired) electrons. The van der Waals surface area contributed by atoms with Crippen LogP contribution in [0.2, 0.25) is 0 Å². The summed E-state index contributed by atoms with van der Waals surface area (Å²) in [7, 11) is -2.46. The number of benzene rings is 6. The normalized spacial score (nSPS) is 21.0. The second-order valence-electron chi connectivity index (χ2n) is 24.6. The van der Waals surface area contributed by atoms with E-state index in [2.05, 4.69) is 261 Å². The molecule has 0 aromatic heterocycles. The van der Waals surface area contributed by atoms with E-state index in [-0.39, 0.29) is 0 Å². The summed E-state index contributed by atoms with van der Waals surface area (Å²) in [5.41, 5.74) is 17.4. The zero-order chi connectivity index (χ0) is 66.5. The largest absolute Gasteiger partial charge is 0.334 e. The first-order valence-corrected chi connectivity index (χ1v) is 34.1. The number of rotatable bonds is 36. The van der Waals surface area contributed by atoms with Gasteiger partial charge < -0.3 is 13.6 Å². The maximum absolute atomic E-state index is 8.24. The van der Waals surface area contributed by atoms with Crippen LogP contribution in [0, 0.1) is 0 Å². The van der Waals surface area contributed by atoms with Crippen LogP contribution in [-0.4, -0.2) is 18.3 Å². The van der Waals surface area contributed by atoms with Crippen LogP contribution in [0.1, 0.15) is 105 Å². The van der Waals surface area contributed by atoms with Gasteiger partial charge in [0.2, 0.25) is 0 Å². The molecular weight excluding hydrogens is 1160 g/mol. The summed E-state index contributed by atoms with van der Waals surface area (Å²) in [6.07, 6.45) is 42.8. The van der Waals surface area contributed by atoms with E-state index in [9.17, 15) is 0 Å². The minimum absolute atomic E-state index is 0.497. The lowest BCUT2D eigenvalue weighted by Crippen LogP contribution is -2.46. The lowest BCUT2D eigenvalue weighted by molar-refractivity contribution is 0.0550. The molecule has 6 atom stereocenters. The number of allylic oxidation sites excluding steroid dienone is 18.